The second-order valence-electron chi connectivity index (χ2n) is 5.93. The van der Waals surface area contributed by atoms with Gasteiger partial charge in [-0.15, -0.1) is 0 Å². The van der Waals surface area contributed by atoms with Gasteiger partial charge in [0, 0.05) is 5.56 Å². The number of hydrogen-bond donors (Lipinski definition) is 2. The van der Waals surface area contributed by atoms with Crippen molar-refractivity contribution in [3.8, 4) is 0 Å². The second kappa shape index (κ2) is 5.98. The summed E-state index contributed by atoms with van der Waals surface area (Å²) in [5.74, 6) is -0.177. The molecule has 1 aliphatic carbocycles. The normalized spacial score (nSPS) is 17.3. The third-order valence-corrected chi connectivity index (χ3v) is 4.19. The van der Waals surface area contributed by atoms with Crippen LogP contribution in [0.4, 0.5) is 13.2 Å². The molecule has 4 nitrogen and oxygen atoms in total. The number of hydrogen-bond acceptors (Lipinski definition) is 3. The first-order valence-corrected chi connectivity index (χ1v) is 7.52. The van der Waals surface area contributed by atoms with Crippen LogP contribution in [0.15, 0.2) is 47.1 Å². The first-order chi connectivity index (χ1) is 11.3. The van der Waals surface area contributed by atoms with Crippen LogP contribution >= 0.6 is 0 Å². The molecule has 7 heteroatoms. The van der Waals surface area contributed by atoms with E-state index >= 15 is 0 Å². The quantitative estimate of drug-likeness (QED) is 0.878. The SMILES string of the molecule is O=C(NCC(O)(c1ccco1)C1CC1)c1ccc(C(F)(F)F)cc1. The lowest BCUT2D eigenvalue weighted by Gasteiger charge is -2.26. The molecule has 1 aliphatic rings. The van der Waals surface area contributed by atoms with Gasteiger partial charge in [0.05, 0.1) is 18.4 Å². The molecule has 0 aliphatic heterocycles. The van der Waals surface area contributed by atoms with Crippen molar-refractivity contribution < 1.29 is 27.5 Å². The van der Waals surface area contributed by atoms with Crippen LogP contribution in [0.2, 0.25) is 0 Å². The lowest BCUT2D eigenvalue weighted by molar-refractivity contribution is -0.137. The van der Waals surface area contributed by atoms with Crippen LogP contribution in [0.5, 0.6) is 0 Å². The third-order valence-electron chi connectivity index (χ3n) is 4.19. The van der Waals surface area contributed by atoms with Gasteiger partial charge in [-0.3, -0.25) is 4.79 Å². The summed E-state index contributed by atoms with van der Waals surface area (Å²) in [6.45, 7) is -0.0644. The van der Waals surface area contributed by atoms with Crippen molar-refractivity contribution in [3.63, 3.8) is 0 Å². The summed E-state index contributed by atoms with van der Waals surface area (Å²) >= 11 is 0. The molecule has 1 aromatic carbocycles. The number of carbonyl (C=O) groups excluding carboxylic acids is 1. The van der Waals surface area contributed by atoms with Gasteiger partial charge in [-0.2, -0.15) is 13.2 Å². The molecule has 3 rings (SSSR count). The van der Waals surface area contributed by atoms with E-state index in [2.05, 4.69) is 5.32 Å². The number of halogens is 3. The van der Waals surface area contributed by atoms with E-state index in [0.717, 1.165) is 37.1 Å². The molecule has 1 atom stereocenters. The average Bonchev–Trinajstić information content (AvgIpc) is 3.26. The van der Waals surface area contributed by atoms with Crippen molar-refractivity contribution in [2.24, 2.45) is 5.92 Å². The van der Waals surface area contributed by atoms with Crippen molar-refractivity contribution >= 4 is 5.91 Å². The Morgan fingerprint density at radius 2 is 1.88 bits per heavy atom. The number of amides is 1. The lowest BCUT2D eigenvalue weighted by Crippen LogP contribution is -2.42. The summed E-state index contributed by atoms with van der Waals surface area (Å²) in [7, 11) is 0. The largest absolute Gasteiger partial charge is 0.466 e. The van der Waals surface area contributed by atoms with Crippen molar-refractivity contribution in [2.45, 2.75) is 24.6 Å². The number of furan rings is 1. The Morgan fingerprint density at radius 3 is 2.38 bits per heavy atom. The fourth-order valence-corrected chi connectivity index (χ4v) is 2.65. The van der Waals surface area contributed by atoms with E-state index in [1.54, 1.807) is 12.1 Å². The van der Waals surface area contributed by atoms with Crippen LogP contribution in [-0.4, -0.2) is 17.6 Å². The highest BCUT2D eigenvalue weighted by molar-refractivity contribution is 5.94. The predicted molar refractivity (Wildman–Crippen MR) is 79.1 cm³/mol. The van der Waals surface area contributed by atoms with Gasteiger partial charge in [0.25, 0.3) is 5.91 Å². The maximum Gasteiger partial charge on any atom is 0.416 e. The standard InChI is InChI=1S/C17H16F3NO3/c18-17(19,20)13-5-3-11(4-6-13)15(22)21-10-16(23,12-7-8-12)14-2-1-9-24-14/h1-6,9,12,23H,7-8,10H2,(H,21,22). The van der Waals surface area contributed by atoms with E-state index in [4.69, 9.17) is 4.42 Å². The highest BCUT2D eigenvalue weighted by Gasteiger charge is 2.47. The molecule has 0 saturated heterocycles. The number of aliphatic hydroxyl groups is 1. The fourth-order valence-electron chi connectivity index (χ4n) is 2.65. The summed E-state index contributed by atoms with van der Waals surface area (Å²) < 4.78 is 42.9. The number of rotatable bonds is 5. The zero-order valence-corrected chi connectivity index (χ0v) is 12.6. The summed E-state index contributed by atoms with van der Waals surface area (Å²) in [6, 6.07) is 7.23. The predicted octanol–water partition coefficient (Wildman–Crippen LogP) is 3.33. The first kappa shape index (κ1) is 16.6. The Kier molecular flexibility index (Phi) is 4.13. The van der Waals surface area contributed by atoms with Gasteiger partial charge in [0.2, 0.25) is 0 Å². The maximum absolute atomic E-state index is 12.5. The molecule has 1 heterocycles. The summed E-state index contributed by atoms with van der Waals surface area (Å²) in [5.41, 5.74) is -2.02. The van der Waals surface area contributed by atoms with Gasteiger partial charge >= 0.3 is 6.18 Å². The fraction of sp³-hybridized carbons (Fsp3) is 0.353. The van der Waals surface area contributed by atoms with Crippen molar-refractivity contribution in [3.05, 3.63) is 59.5 Å². The minimum atomic E-state index is -4.44. The topological polar surface area (TPSA) is 62.5 Å². The molecule has 1 saturated carbocycles. The summed E-state index contributed by atoms with van der Waals surface area (Å²) in [5, 5.41) is 13.4. The molecule has 1 unspecified atom stereocenters. The molecule has 1 aromatic heterocycles. The summed E-state index contributed by atoms with van der Waals surface area (Å²) in [6.07, 6.45) is -1.35. The van der Waals surface area contributed by atoms with Crippen molar-refractivity contribution in [1.29, 1.82) is 0 Å². The highest BCUT2D eigenvalue weighted by Crippen LogP contribution is 2.45. The van der Waals surface area contributed by atoms with Gasteiger partial charge < -0.3 is 14.8 Å². The Labute approximate surface area is 136 Å². The Morgan fingerprint density at radius 1 is 1.21 bits per heavy atom. The molecule has 1 fully saturated rings. The Hall–Kier alpha value is -2.28. The smallest absolute Gasteiger partial charge is 0.416 e. The van der Waals surface area contributed by atoms with Gasteiger partial charge in [-0.25, -0.2) is 0 Å². The van der Waals surface area contributed by atoms with E-state index in [1.165, 1.54) is 6.26 Å². The first-order valence-electron chi connectivity index (χ1n) is 7.52. The lowest BCUT2D eigenvalue weighted by atomic mass is 9.94. The molecular weight excluding hydrogens is 323 g/mol. The molecule has 2 aromatic rings. The van der Waals surface area contributed by atoms with E-state index in [9.17, 15) is 23.1 Å². The molecule has 0 bridgehead atoms. The zero-order valence-electron chi connectivity index (χ0n) is 12.6. The van der Waals surface area contributed by atoms with Crippen LogP contribution in [-0.2, 0) is 11.8 Å². The van der Waals surface area contributed by atoms with E-state index in [1.807, 2.05) is 0 Å². The third kappa shape index (κ3) is 3.31. The minimum absolute atomic E-state index is 0.00319. The number of carbonyl (C=O) groups is 1. The minimum Gasteiger partial charge on any atom is -0.466 e. The molecule has 0 spiro atoms. The van der Waals surface area contributed by atoms with E-state index < -0.39 is 23.2 Å². The highest BCUT2D eigenvalue weighted by atomic mass is 19.4. The molecule has 24 heavy (non-hydrogen) atoms. The van der Waals surface area contributed by atoms with Crippen molar-refractivity contribution in [2.75, 3.05) is 6.54 Å². The van der Waals surface area contributed by atoms with Crippen LogP contribution in [0, 0.1) is 5.92 Å². The monoisotopic (exact) mass is 339 g/mol. The molecule has 128 valence electrons. The molecular formula is C17H16F3NO3. The van der Waals surface area contributed by atoms with Crippen LogP contribution in [0.1, 0.15) is 34.5 Å². The van der Waals surface area contributed by atoms with Gasteiger partial charge in [0.1, 0.15) is 11.4 Å². The van der Waals surface area contributed by atoms with Gasteiger partial charge in [-0.1, -0.05) is 0 Å². The Bertz CT molecular complexity index is 706. The maximum atomic E-state index is 12.5. The molecule has 0 radical (unpaired) electrons. The average molecular weight is 339 g/mol. The van der Waals surface area contributed by atoms with Crippen molar-refractivity contribution in [1.82, 2.24) is 5.32 Å². The Balaban J connectivity index is 1.68. The summed E-state index contributed by atoms with van der Waals surface area (Å²) in [4.78, 5) is 12.1. The second-order valence-corrected chi connectivity index (χ2v) is 5.93. The van der Waals surface area contributed by atoms with E-state index in [0.29, 0.717) is 5.76 Å². The molecule has 1 amide bonds. The molecule has 2 N–H and O–H groups in total. The van der Waals surface area contributed by atoms with Crippen LogP contribution < -0.4 is 5.32 Å². The van der Waals surface area contributed by atoms with Crippen LogP contribution in [0.3, 0.4) is 0 Å². The number of alkyl halides is 3. The van der Waals surface area contributed by atoms with Crippen LogP contribution in [0.25, 0.3) is 0 Å². The zero-order chi connectivity index (χ0) is 17.4. The number of benzene rings is 1. The number of nitrogens with one attached hydrogen (secondary N) is 1. The van der Waals surface area contributed by atoms with Gasteiger partial charge in [0.15, 0.2) is 0 Å². The van der Waals surface area contributed by atoms with Gasteiger partial charge in [-0.05, 0) is 55.2 Å². The van der Waals surface area contributed by atoms with E-state index in [-0.39, 0.29) is 18.0 Å².